The van der Waals surface area contributed by atoms with Crippen LogP contribution in [0.15, 0.2) is 48.5 Å². The summed E-state index contributed by atoms with van der Waals surface area (Å²) in [5.74, 6) is 0.598. The van der Waals surface area contributed by atoms with Crippen LogP contribution in [0.5, 0.6) is 5.75 Å². The van der Waals surface area contributed by atoms with Crippen molar-refractivity contribution < 1.29 is 14.4 Å². The number of hydrogen-bond acceptors (Lipinski definition) is 3. The van der Waals surface area contributed by atoms with Gasteiger partial charge in [-0.15, -0.1) is 0 Å². The quantitative estimate of drug-likeness (QED) is 0.813. The van der Waals surface area contributed by atoms with Gasteiger partial charge in [-0.3, -0.25) is 4.79 Å². The van der Waals surface area contributed by atoms with Crippen LogP contribution in [-0.4, -0.2) is 26.1 Å². The molecule has 5 nitrogen and oxygen atoms in total. The lowest BCUT2D eigenvalue weighted by Gasteiger charge is -2.18. The Morgan fingerprint density at radius 2 is 1.92 bits per heavy atom. The fourth-order valence-corrected chi connectivity index (χ4v) is 2.47. The topological polar surface area (TPSA) is 66.6 Å². The van der Waals surface area contributed by atoms with Gasteiger partial charge in [-0.1, -0.05) is 24.3 Å². The third-order valence-corrected chi connectivity index (χ3v) is 3.83. The zero-order valence-electron chi connectivity index (χ0n) is 14.0. The van der Waals surface area contributed by atoms with Crippen LogP contribution in [-0.2, 0) is 11.3 Å². The highest BCUT2D eigenvalue weighted by atomic mass is 16.5. The third kappa shape index (κ3) is 4.83. The maximum atomic E-state index is 12.3. The molecule has 0 aliphatic carbocycles. The zero-order valence-corrected chi connectivity index (χ0v) is 14.0. The van der Waals surface area contributed by atoms with Crippen molar-refractivity contribution in [2.75, 3.05) is 25.5 Å². The van der Waals surface area contributed by atoms with E-state index in [1.807, 2.05) is 36.4 Å². The molecular weight excluding hydrogens is 302 g/mol. The first-order chi connectivity index (χ1) is 11.7. The van der Waals surface area contributed by atoms with E-state index in [0.29, 0.717) is 23.5 Å². The highest BCUT2D eigenvalue weighted by Crippen LogP contribution is 2.22. The number of rotatable bonds is 7. The maximum Gasteiger partial charge on any atom is 0.279 e. The minimum atomic E-state index is -0.0509. The number of hydrogen-bond donors (Lipinski definition) is 2. The summed E-state index contributed by atoms with van der Waals surface area (Å²) in [6.45, 7) is 3.99. The molecule has 0 saturated carbocycles. The van der Waals surface area contributed by atoms with Crippen LogP contribution in [0, 0.1) is 11.3 Å². The summed E-state index contributed by atoms with van der Waals surface area (Å²) in [7, 11) is 1.58. The van der Waals surface area contributed by atoms with Crippen molar-refractivity contribution in [3.8, 4) is 11.8 Å². The number of ether oxygens (including phenoxy) is 1. The van der Waals surface area contributed by atoms with Gasteiger partial charge in [0.25, 0.3) is 5.91 Å². The summed E-state index contributed by atoms with van der Waals surface area (Å²) in [5, 5.41) is 11.7. The molecule has 0 spiro atoms. The van der Waals surface area contributed by atoms with E-state index < -0.39 is 0 Å². The van der Waals surface area contributed by atoms with Crippen molar-refractivity contribution in [3.63, 3.8) is 0 Å². The lowest BCUT2D eigenvalue weighted by atomic mass is 10.1. The van der Waals surface area contributed by atoms with E-state index in [4.69, 9.17) is 10.00 Å². The van der Waals surface area contributed by atoms with Gasteiger partial charge in [0.05, 0.1) is 31.0 Å². The summed E-state index contributed by atoms with van der Waals surface area (Å²) >= 11 is 0. The molecule has 2 N–H and O–H groups in total. The van der Waals surface area contributed by atoms with Gasteiger partial charge >= 0.3 is 0 Å². The summed E-state index contributed by atoms with van der Waals surface area (Å²) < 4.78 is 5.25. The van der Waals surface area contributed by atoms with Crippen LogP contribution in [0.4, 0.5) is 5.69 Å². The Balaban J connectivity index is 1.96. The Morgan fingerprint density at radius 1 is 1.21 bits per heavy atom. The first-order valence-electron chi connectivity index (χ1n) is 7.91. The molecule has 2 aromatic carbocycles. The fourth-order valence-electron chi connectivity index (χ4n) is 2.47. The molecule has 0 aromatic heterocycles. The predicted molar refractivity (Wildman–Crippen MR) is 92.9 cm³/mol. The van der Waals surface area contributed by atoms with Crippen LogP contribution in [0.2, 0.25) is 0 Å². The smallest absolute Gasteiger partial charge is 0.279 e. The van der Waals surface area contributed by atoms with Crippen LogP contribution in [0.25, 0.3) is 0 Å². The van der Waals surface area contributed by atoms with E-state index in [2.05, 4.69) is 18.3 Å². The highest BCUT2D eigenvalue weighted by Gasteiger charge is 2.14. The maximum absolute atomic E-state index is 12.3. The molecule has 0 aliphatic rings. The van der Waals surface area contributed by atoms with Crippen LogP contribution >= 0.6 is 0 Å². The van der Waals surface area contributed by atoms with Gasteiger partial charge in [-0.05, 0) is 31.2 Å². The average Bonchev–Trinajstić information content (AvgIpc) is 2.62. The minimum absolute atomic E-state index is 0.0509. The number of para-hydroxylation sites is 2. The minimum Gasteiger partial charge on any atom is -0.495 e. The second-order valence-electron chi connectivity index (χ2n) is 5.51. The van der Waals surface area contributed by atoms with Gasteiger partial charge in [0.2, 0.25) is 0 Å². The molecule has 1 atom stereocenters. The monoisotopic (exact) mass is 324 g/mol. The van der Waals surface area contributed by atoms with E-state index in [1.54, 1.807) is 19.2 Å². The van der Waals surface area contributed by atoms with Gasteiger partial charge in [0, 0.05) is 5.56 Å². The summed E-state index contributed by atoms with van der Waals surface area (Å²) in [5.41, 5.74) is 2.43. The SMILES string of the molecule is CC[NH+](CC(=O)Nc1ccccc1OC)Cc1ccc(C#N)cc1. The van der Waals surface area contributed by atoms with Crippen LogP contribution in [0.1, 0.15) is 18.1 Å². The first kappa shape index (κ1) is 17.5. The van der Waals surface area contributed by atoms with Gasteiger partial charge in [0.15, 0.2) is 6.54 Å². The number of quaternary nitrogens is 1. The number of methoxy groups -OCH3 is 1. The molecule has 0 bridgehead atoms. The summed E-state index contributed by atoms with van der Waals surface area (Å²) in [6, 6.07) is 17.0. The molecule has 0 saturated heterocycles. The Morgan fingerprint density at radius 3 is 2.54 bits per heavy atom. The normalized spacial score (nSPS) is 11.4. The van der Waals surface area contributed by atoms with Gasteiger partial charge in [-0.25, -0.2) is 0 Å². The number of anilines is 1. The third-order valence-electron chi connectivity index (χ3n) is 3.83. The van der Waals surface area contributed by atoms with Crippen molar-refractivity contribution in [2.24, 2.45) is 0 Å². The molecule has 0 fully saturated rings. The van der Waals surface area contributed by atoms with Crippen LogP contribution in [0.3, 0.4) is 0 Å². The molecule has 0 heterocycles. The standard InChI is InChI=1S/C19H21N3O2/c1-3-22(13-16-10-8-15(12-20)9-11-16)14-19(23)21-17-6-4-5-7-18(17)24-2/h4-11H,3,13-14H2,1-2H3,(H,21,23)/p+1. The molecule has 5 heteroatoms. The Labute approximate surface area is 142 Å². The molecule has 124 valence electrons. The van der Waals surface area contributed by atoms with Crippen molar-refractivity contribution in [2.45, 2.75) is 13.5 Å². The number of carbonyl (C=O) groups is 1. The fraction of sp³-hybridized carbons (Fsp3) is 0.263. The molecule has 24 heavy (non-hydrogen) atoms. The molecule has 1 unspecified atom stereocenters. The molecule has 2 aromatic rings. The van der Waals surface area contributed by atoms with E-state index in [0.717, 1.165) is 23.6 Å². The van der Waals surface area contributed by atoms with Crippen molar-refractivity contribution >= 4 is 11.6 Å². The molecule has 2 rings (SSSR count). The van der Waals surface area contributed by atoms with E-state index in [1.165, 1.54) is 0 Å². The van der Waals surface area contributed by atoms with Crippen LogP contribution < -0.4 is 15.0 Å². The van der Waals surface area contributed by atoms with Crippen molar-refractivity contribution in [1.82, 2.24) is 0 Å². The number of carbonyl (C=O) groups excluding carboxylic acids is 1. The second kappa shape index (κ2) is 8.70. The number of benzene rings is 2. The Kier molecular flexibility index (Phi) is 6.35. The summed E-state index contributed by atoms with van der Waals surface area (Å²) in [6.07, 6.45) is 0. The summed E-state index contributed by atoms with van der Waals surface area (Å²) in [4.78, 5) is 13.5. The number of nitrogens with one attached hydrogen (secondary N) is 2. The van der Waals surface area contributed by atoms with E-state index in [9.17, 15) is 4.79 Å². The largest absolute Gasteiger partial charge is 0.495 e. The van der Waals surface area contributed by atoms with Gasteiger partial charge < -0.3 is 15.0 Å². The Bertz CT molecular complexity index is 720. The highest BCUT2D eigenvalue weighted by molar-refractivity contribution is 5.92. The van der Waals surface area contributed by atoms with E-state index >= 15 is 0 Å². The number of nitriles is 1. The van der Waals surface area contributed by atoms with Gasteiger partial charge in [-0.2, -0.15) is 5.26 Å². The van der Waals surface area contributed by atoms with Gasteiger partial charge in [0.1, 0.15) is 12.3 Å². The van der Waals surface area contributed by atoms with Crippen molar-refractivity contribution in [1.29, 1.82) is 5.26 Å². The lowest BCUT2D eigenvalue weighted by molar-refractivity contribution is -0.903. The average molecular weight is 324 g/mol. The Hall–Kier alpha value is -2.84. The zero-order chi connectivity index (χ0) is 17.4. The molecular formula is C19H22N3O2+. The van der Waals surface area contributed by atoms with Crippen molar-refractivity contribution in [3.05, 3.63) is 59.7 Å². The second-order valence-corrected chi connectivity index (χ2v) is 5.51. The molecule has 0 radical (unpaired) electrons. The lowest BCUT2D eigenvalue weighted by Crippen LogP contribution is -3.11. The predicted octanol–water partition coefficient (Wildman–Crippen LogP) is 1.61. The number of nitrogens with zero attached hydrogens (tertiary/aromatic N) is 1. The molecule has 1 amide bonds. The first-order valence-corrected chi connectivity index (χ1v) is 7.91. The number of likely N-dealkylation sites (N-methyl/N-ethyl adjacent to an activating group) is 1. The van der Waals surface area contributed by atoms with E-state index in [-0.39, 0.29) is 5.91 Å². The molecule has 0 aliphatic heterocycles. The number of amides is 1.